The molecule has 0 N–H and O–H groups in total. The summed E-state index contributed by atoms with van der Waals surface area (Å²) in [5.41, 5.74) is 1.26. The number of halogens is 1. The Morgan fingerprint density at radius 1 is 1.07 bits per heavy atom. The van der Waals surface area contributed by atoms with Crippen LogP contribution in [0.5, 0.6) is 0 Å². The lowest BCUT2D eigenvalue weighted by molar-refractivity contribution is 0.131. The van der Waals surface area contributed by atoms with E-state index in [9.17, 15) is 9.59 Å². The standard InChI is InChI=1S/C22H28ClN5O2/c1-4-17-7-5-6-12-27(17)14-18-24-20-19(21(29)26(3)22(30)25(20)2)28(18)13-15-8-10-16(23)11-9-15/h8-11,17H,4-7,12-14H2,1-3H3. The van der Waals surface area contributed by atoms with Gasteiger partial charge in [0.15, 0.2) is 11.2 Å². The number of hydrogen-bond acceptors (Lipinski definition) is 4. The second kappa shape index (κ2) is 8.40. The number of benzene rings is 1. The smallest absolute Gasteiger partial charge is 0.317 e. The number of likely N-dealkylation sites (tertiary alicyclic amines) is 1. The van der Waals surface area contributed by atoms with E-state index >= 15 is 0 Å². The number of hydrogen-bond donors (Lipinski definition) is 0. The summed E-state index contributed by atoms with van der Waals surface area (Å²) in [5.74, 6) is 0.818. The molecule has 1 fully saturated rings. The van der Waals surface area contributed by atoms with Crippen molar-refractivity contribution in [1.82, 2.24) is 23.6 Å². The molecule has 4 rings (SSSR count). The first kappa shape index (κ1) is 20.9. The van der Waals surface area contributed by atoms with E-state index in [0.717, 1.165) is 28.9 Å². The Morgan fingerprint density at radius 2 is 1.80 bits per heavy atom. The molecule has 0 saturated carbocycles. The highest BCUT2D eigenvalue weighted by Crippen LogP contribution is 2.23. The first-order valence-electron chi connectivity index (χ1n) is 10.5. The molecule has 0 aliphatic carbocycles. The van der Waals surface area contributed by atoms with Gasteiger partial charge in [0.1, 0.15) is 5.82 Å². The summed E-state index contributed by atoms with van der Waals surface area (Å²) in [6.07, 6.45) is 4.71. The number of aryl methyl sites for hydroxylation is 1. The van der Waals surface area contributed by atoms with Crippen molar-refractivity contribution in [2.45, 2.75) is 51.7 Å². The summed E-state index contributed by atoms with van der Waals surface area (Å²) in [6.45, 7) is 4.41. The maximum atomic E-state index is 13.0. The lowest BCUT2D eigenvalue weighted by atomic mass is 10.00. The van der Waals surface area contributed by atoms with Crippen molar-refractivity contribution in [1.29, 1.82) is 0 Å². The third kappa shape index (κ3) is 3.72. The van der Waals surface area contributed by atoms with Gasteiger partial charge in [-0.05, 0) is 43.5 Å². The predicted octanol–water partition coefficient (Wildman–Crippen LogP) is 2.90. The van der Waals surface area contributed by atoms with Crippen molar-refractivity contribution in [3.8, 4) is 0 Å². The van der Waals surface area contributed by atoms with Gasteiger partial charge in [-0.1, -0.05) is 37.1 Å². The van der Waals surface area contributed by atoms with Crippen LogP contribution < -0.4 is 11.2 Å². The second-order valence-corrected chi connectivity index (χ2v) is 8.58. The van der Waals surface area contributed by atoms with Gasteiger partial charge in [-0.25, -0.2) is 9.78 Å². The van der Waals surface area contributed by atoms with Crippen LogP contribution in [0.1, 0.15) is 44.0 Å². The summed E-state index contributed by atoms with van der Waals surface area (Å²) >= 11 is 6.05. The molecular weight excluding hydrogens is 402 g/mol. The van der Waals surface area contributed by atoms with Crippen LogP contribution in [0.3, 0.4) is 0 Å². The molecule has 3 aromatic rings. The number of nitrogens with zero attached hydrogens (tertiary/aromatic N) is 5. The second-order valence-electron chi connectivity index (χ2n) is 8.15. The number of piperidine rings is 1. The maximum absolute atomic E-state index is 13.0. The van der Waals surface area contributed by atoms with Gasteiger partial charge in [-0.15, -0.1) is 0 Å². The van der Waals surface area contributed by atoms with Gasteiger partial charge >= 0.3 is 5.69 Å². The SMILES string of the molecule is CCC1CCCCN1Cc1nc2c(c(=O)n(C)c(=O)n2C)n1Cc1ccc(Cl)cc1. The van der Waals surface area contributed by atoms with Gasteiger partial charge in [0.2, 0.25) is 0 Å². The van der Waals surface area contributed by atoms with Crippen LogP contribution in [0.2, 0.25) is 5.02 Å². The minimum absolute atomic E-state index is 0.313. The third-order valence-corrected chi connectivity index (χ3v) is 6.50. The molecule has 0 spiro atoms. The van der Waals surface area contributed by atoms with E-state index in [1.54, 1.807) is 7.05 Å². The van der Waals surface area contributed by atoms with Crippen molar-refractivity contribution in [2.24, 2.45) is 14.1 Å². The fourth-order valence-corrected chi connectivity index (χ4v) is 4.59. The van der Waals surface area contributed by atoms with Crippen LogP contribution in [0, 0.1) is 0 Å². The zero-order valence-corrected chi connectivity index (χ0v) is 18.5. The highest BCUT2D eigenvalue weighted by molar-refractivity contribution is 6.30. The maximum Gasteiger partial charge on any atom is 0.332 e. The minimum Gasteiger partial charge on any atom is -0.317 e. The Balaban J connectivity index is 1.86. The lowest BCUT2D eigenvalue weighted by Crippen LogP contribution is -2.39. The first-order chi connectivity index (χ1) is 14.4. The molecule has 8 heteroatoms. The highest BCUT2D eigenvalue weighted by Gasteiger charge is 2.25. The van der Waals surface area contributed by atoms with E-state index in [0.29, 0.717) is 35.3 Å². The molecule has 1 aliphatic rings. The Bertz CT molecular complexity index is 1180. The molecule has 3 heterocycles. The number of imidazole rings is 1. The van der Waals surface area contributed by atoms with E-state index in [4.69, 9.17) is 16.6 Å². The zero-order chi connectivity index (χ0) is 21.4. The van der Waals surface area contributed by atoms with Gasteiger partial charge in [0.25, 0.3) is 5.56 Å². The van der Waals surface area contributed by atoms with Crippen LogP contribution in [0.25, 0.3) is 11.2 Å². The van der Waals surface area contributed by atoms with Crippen molar-refractivity contribution in [3.63, 3.8) is 0 Å². The molecular formula is C22H28ClN5O2. The van der Waals surface area contributed by atoms with Crippen molar-refractivity contribution < 1.29 is 0 Å². The molecule has 30 heavy (non-hydrogen) atoms. The Morgan fingerprint density at radius 3 is 2.50 bits per heavy atom. The fourth-order valence-electron chi connectivity index (χ4n) is 4.47. The summed E-state index contributed by atoms with van der Waals surface area (Å²) in [7, 11) is 3.18. The minimum atomic E-state index is -0.361. The molecule has 1 aromatic carbocycles. The Labute approximate surface area is 180 Å². The van der Waals surface area contributed by atoms with Crippen molar-refractivity contribution in [2.75, 3.05) is 6.54 Å². The van der Waals surface area contributed by atoms with Gasteiger partial charge in [-0.2, -0.15) is 0 Å². The zero-order valence-electron chi connectivity index (χ0n) is 17.8. The molecule has 0 amide bonds. The van der Waals surface area contributed by atoms with Crippen molar-refractivity contribution in [3.05, 3.63) is 61.5 Å². The number of aromatic nitrogens is 4. The van der Waals surface area contributed by atoms with Crippen LogP contribution >= 0.6 is 11.6 Å². The highest BCUT2D eigenvalue weighted by atomic mass is 35.5. The van der Waals surface area contributed by atoms with Crippen molar-refractivity contribution >= 4 is 22.8 Å². The van der Waals surface area contributed by atoms with Crippen LogP contribution in [0.4, 0.5) is 0 Å². The quantitative estimate of drug-likeness (QED) is 0.625. The van der Waals surface area contributed by atoms with E-state index in [-0.39, 0.29) is 11.2 Å². The average Bonchev–Trinajstić information content (AvgIpc) is 3.10. The molecule has 0 radical (unpaired) electrons. The molecule has 1 aliphatic heterocycles. The molecule has 1 saturated heterocycles. The summed E-state index contributed by atoms with van der Waals surface area (Å²) in [5, 5.41) is 0.673. The topological polar surface area (TPSA) is 65.1 Å². The van der Waals surface area contributed by atoms with E-state index in [1.165, 1.54) is 30.9 Å². The van der Waals surface area contributed by atoms with Gasteiger partial charge < -0.3 is 4.57 Å². The van der Waals surface area contributed by atoms with Crippen LogP contribution in [-0.4, -0.2) is 36.2 Å². The predicted molar refractivity (Wildman–Crippen MR) is 119 cm³/mol. The molecule has 2 aromatic heterocycles. The summed E-state index contributed by atoms with van der Waals surface area (Å²) in [4.78, 5) is 32.8. The number of fused-ring (bicyclic) bond motifs is 1. The monoisotopic (exact) mass is 429 g/mol. The van der Waals surface area contributed by atoms with E-state index < -0.39 is 0 Å². The molecule has 1 atom stereocenters. The van der Waals surface area contributed by atoms with Gasteiger partial charge in [0, 0.05) is 31.7 Å². The summed E-state index contributed by atoms with van der Waals surface area (Å²) < 4.78 is 4.59. The van der Waals surface area contributed by atoms with Crippen LogP contribution in [0.15, 0.2) is 33.9 Å². The van der Waals surface area contributed by atoms with Gasteiger partial charge in [-0.3, -0.25) is 18.8 Å². The van der Waals surface area contributed by atoms with Gasteiger partial charge in [0.05, 0.1) is 6.54 Å². The first-order valence-corrected chi connectivity index (χ1v) is 10.9. The Hall–Kier alpha value is -2.38. The lowest BCUT2D eigenvalue weighted by Gasteiger charge is -2.34. The number of rotatable bonds is 5. The normalized spacial score (nSPS) is 17.7. The largest absolute Gasteiger partial charge is 0.332 e. The molecule has 160 valence electrons. The molecule has 7 nitrogen and oxygen atoms in total. The van der Waals surface area contributed by atoms with E-state index in [1.807, 2.05) is 28.8 Å². The van der Waals surface area contributed by atoms with E-state index in [2.05, 4.69) is 11.8 Å². The fraction of sp³-hybridized carbons (Fsp3) is 0.500. The molecule has 0 bridgehead atoms. The third-order valence-electron chi connectivity index (χ3n) is 6.25. The van der Waals surface area contributed by atoms with Crippen LogP contribution in [-0.2, 0) is 27.2 Å². The Kier molecular flexibility index (Phi) is 5.84. The summed E-state index contributed by atoms with van der Waals surface area (Å²) in [6, 6.07) is 8.14. The average molecular weight is 430 g/mol. The molecule has 1 unspecified atom stereocenters.